The van der Waals surface area contributed by atoms with Crippen LogP contribution in [0, 0.1) is 11.8 Å². The monoisotopic (exact) mass is 214 g/mol. The first kappa shape index (κ1) is 13.8. The summed E-state index contributed by atoms with van der Waals surface area (Å²) in [4.78, 5) is 0. The molecular formula is C11H22N2S. The molecule has 0 bridgehead atoms. The van der Waals surface area contributed by atoms with Crippen LogP contribution >= 0.6 is 11.8 Å². The van der Waals surface area contributed by atoms with E-state index in [1.807, 2.05) is 18.7 Å². The van der Waals surface area contributed by atoms with Crippen LogP contribution in [0.4, 0.5) is 0 Å². The minimum absolute atomic E-state index is 0.473. The highest BCUT2D eigenvalue weighted by Gasteiger charge is 2.03. The van der Waals surface area contributed by atoms with E-state index in [9.17, 15) is 0 Å². The van der Waals surface area contributed by atoms with E-state index in [1.54, 1.807) is 0 Å². The van der Waals surface area contributed by atoms with Crippen LogP contribution in [0.5, 0.6) is 0 Å². The van der Waals surface area contributed by atoms with Gasteiger partial charge in [-0.05, 0) is 31.8 Å². The molecule has 0 heterocycles. The predicted octanol–water partition coefficient (Wildman–Crippen LogP) is 1.46. The van der Waals surface area contributed by atoms with E-state index >= 15 is 0 Å². The average Bonchev–Trinajstić information content (AvgIpc) is 2.22. The normalized spacial score (nSPS) is 11.9. The van der Waals surface area contributed by atoms with Crippen molar-refractivity contribution in [1.29, 1.82) is 0 Å². The Morgan fingerprint density at radius 2 is 2.29 bits per heavy atom. The van der Waals surface area contributed by atoms with Crippen LogP contribution in [0.3, 0.4) is 0 Å². The molecule has 1 unspecified atom stereocenters. The highest BCUT2D eigenvalue weighted by Crippen LogP contribution is 2.02. The number of hydrogen-bond donors (Lipinski definition) is 2. The molecule has 2 nitrogen and oxygen atoms in total. The minimum Gasteiger partial charge on any atom is -0.329 e. The van der Waals surface area contributed by atoms with Crippen LogP contribution in [0.25, 0.3) is 0 Å². The van der Waals surface area contributed by atoms with E-state index in [-0.39, 0.29) is 0 Å². The van der Waals surface area contributed by atoms with Crippen molar-refractivity contribution >= 4 is 11.8 Å². The third kappa shape index (κ3) is 8.43. The van der Waals surface area contributed by atoms with Crippen molar-refractivity contribution in [2.45, 2.75) is 32.2 Å². The summed E-state index contributed by atoms with van der Waals surface area (Å²) in [6.07, 6.45) is 5.49. The number of nitrogens with one attached hydrogen (secondary N) is 1. The molecule has 3 heteroatoms. The van der Waals surface area contributed by atoms with Gasteiger partial charge in [-0.1, -0.05) is 0 Å². The molecule has 0 spiro atoms. The van der Waals surface area contributed by atoms with Crippen molar-refractivity contribution in [3.8, 4) is 11.8 Å². The van der Waals surface area contributed by atoms with Crippen LogP contribution in [-0.4, -0.2) is 31.1 Å². The van der Waals surface area contributed by atoms with Crippen LogP contribution in [-0.2, 0) is 0 Å². The van der Waals surface area contributed by atoms with Crippen molar-refractivity contribution < 1.29 is 0 Å². The molecule has 0 aromatic rings. The van der Waals surface area contributed by atoms with Crippen molar-refractivity contribution in [3.63, 3.8) is 0 Å². The van der Waals surface area contributed by atoms with Gasteiger partial charge < -0.3 is 11.1 Å². The first-order valence-corrected chi connectivity index (χ1v) is 6.56. The topological polar surface area (TPSA) is 38.0 Å². The van der Waals surface area contributed by atoms with Crippen molar-refractivity contribution in [1.82, 2.24) is 5.32 Å². The average molecular weight is 214 g/mol. The Hall–Kier alpha value is -0.170. The summed E-state index contributed by atoms with van der Waals surface area (Å²) >= 11 is 1.90. The molecule has 0 radical (unpaired) electrons. The number of nitrogens with two attached hydrogens (primary N) is 1. The van der Waals surface area contributed by atoms with Crippen molar-refractivity contribution in [2.24, 2.45) is 5.73 Å². The summed E-state index contributed by atoms with van der Waals surface area (Å²) < 4.78 is 0. The molecule has 14 heavy (non-hydrogen) atoms. The maximum Gasteiger partial charge on any atom is 0.0214 e. The van der Waals surface area contributed by atoms with Gasteiger partial charge >= 0.3 is 0 Å². The number of hydrogen-bond acceptors (Lipinski definition) is 3. The Kier molecular flexibility index (Phi) is 10.8. The number of thioether (sulfide) groups is 1. The van der Waals surface area contributed by atoms with Crippen LogP contribution in [0.15, 0.2) is 0 Å². The molecule has 3 N–H and O–H groups in total. The fourth-order valence-corrected chi connectivity index (χ4v) is 1.70. The smallest absolute Gasteiger partial charge is 0.0214 e. The summed E-state index contributed by atoms with van der Waals surface area (Å²) in [6.45, 7) is 3.56. The second kappa shape index (κ2) is 10.9. The lowest BCUT2D eigenvalue weighted by Gasteiger charge is -2.15. The van der Waals surface area contributed by atoms with E-state index in [4.69, 9.17) is 5.73 Å². The molecule has 0 saturated heterocycles. The largest absolute Gasteiger partial charge is 0.329 e. The molecule has 0 aliphatic rings. The lowest BCUT2D eigenvalue weighted by atomic mass is 10.1. The first-order valence-electron chi connectivity index (χ1n) is 5.17. The van der Waals surface area contributed by atoms with Gasteiger partial charge in [0.2, 0.25) is 0 Å². The van der Waals surface area contributed by atoms with E-state index in [0.717, 1.165) is 19.5 Å². The van der Waals surface area contributed by atoms with Crippen LogP contribution in [0.2, 0.25) is 0 Å². The number of rotatable bonds is 8. The summed E-state index contributed by atoms with van der Waals surface area (Å²) in [5.74, 6) is 7.15. The second-order valence-electron chi connectivity index (χ2n) is 3.20. The maximum absolute atomic E-state index is 5.66. The summed E-state index contributed by atoms with van der Waals surface area (Å²) in [6, 6.07) is 0.473. The predicted molar refractivity (Wildman–Crippen MR) is 66.5 cm³/mol. The van der Waals surface area contributed by atoms with Gasteiger partial charge in [0.25, 0.3) is 0 Å². The maximum atomic E-state index is 5.66. The van der Waals surface area contributed by atoms with Crippen molar-refractivity contribution in [2.75, 3.05) is 25.1 Å². The minimum atomic E-state index is 0.473. The zero-order chi connectivity index (χ0) is 10.6. The fraction of sp³-hybridized carbons (Fsp3) is 0.818. The fourth-order valence-electron chi connectivity index (χ4n) is 1.24. The first-order chi connectivity index (χ1) is 6.85. The SMILES string of the molecule is CC#CCCNC(CN)CCCSC. The Morgan fingerprint density at radius 3 is 2.86 bits per heavy atom. The van der Waals surface area contributed by atoms with Gasteiger partial charge in [-0.2, -0.15) is 11.8 Å². The Balaban J connectivity index is 3.40. The van der Waals surface area contributed by atoms with Gasteiger partial charge in [0.15, 0.2) is 0 Å². The standard InChI is InChI=1S/C11H22N2S/c1-3-4-5-8-13-11(10-12)7-6-9-14-2/h11,13H,5-10,12H2,1-2H3. The quantitative estimate of drug-likeness (QED) is 0.474. The molecule has 1 atom stereocenters. The second-order valence-corrected chi connectivity index (χ2v) is 4.18. The molecule has 0 aliphatic heterocycles. The van der Waals surface area contributed by atoms with Gasteiger partial charge in [-0.3, -0.25) is 0 Å². The molecule has 0 rings (SSSR count). The van der Waals surface area contributed by atoms with Gasteiger partial charge in [-0.25, -0.2) is 0 Å². The van der Waals surface area contributed by atoms with Crippen molar-refractivity contribution in [3.05, 3.63) is 0 Å². The summed E-state index contributed by atoms with van der Waals surface area (Å²) in [7, 11) is 0. The molecule has 0 aliphatic carbocycles. The highest BCUT2D eigenvalue weighted by molar-refractivity contribution is 7.98. The van der Waals surface area contributed by atoms with Gasteiger partial charge in [0.1, 0.15) is 0 Å². The molecule has 0 aromatic heterocycles. The molecule has 82 valence electrons. The Morgan fingerprint density at radius 1 is 1.50 bits per heavy atom. The third-order valence-corrected chi connectivity index (χ3v) is 2.74. The Labute approximate surface area is 92.4 Å². The summed E-state index contributed by atoms with van der Waals surface area (Å²) in [5.41, 5.74) is 5.66. The highest BCUT2D eigenvalue weighted by atomic mass is 32.2. The van der Waals surface area contributed by atoms with E-state index < -0.39 is 0 Å². The van der Waals surface area contributed by atoms with Crippen LogP contribution < -0.4 is 11.1 Å². The van der Waals surface area contributed by atoms with Gasteiger partial charge in [0, 0.05) is 25.6 Å². The lowest BCUT2D eigenvalue weighted by Crippen LogP contribution is -2.36. The zero-order valence-electron chi connectivity index (χ0n) is 9.31. The van der Waals surface area contributed by atoms with Gasteiger partial charge in [0.05, 0.1) is 0 Å². The summed E-state index contributed by atoms with van der Waals surface area (Å²) in [5, 5.41) is 3.43. The van der Waals surface area contributed by atoms with Crippen LogP contribution in [0.1, 0.15) is 26.2 Å². The molecule has 0 amide bonds. The van der Waals surface area contributed by atoms with E-state index in [1.165, 1.54) is 18.6 Å². The van der Waals surface area contributed by atoms with E-state index in [2.05, 4.69) is 23.4 Å². The zero-order valence-corrected chi connectivity index (χ0v) is 10.1. The Bertz CT molecular complexity index is 172. The van der Waals surface area contributed by atoms with E-state index in [0.29, 0.717) is 6.04 Å². The molecular weight excluding hydrogens is 192 g/mol. The third-order valence-electron chi connectivity index (χ3n) is 2.05. The molecule has 0 aromatic carbocycles. The molecule has 0 fully saturated rings. The van der Waals surface area contributed by atoms with Gasteiger partial charge in [-0.15, -0.1) is 11.8 Å². The lowest BCUT2D eigenvalue weighted by molar-refractivity contribution is 0.491. The molecule has 0 saturated carbocycles.